The first-order chi connectivity index (χ1) is 14.3. The Morgan fingerprint density at radius 2 is 2.10 bits per heavy atom. The van der Waals surface area contributed by atoms with E-state index in [1.54, 1.807) is 0 Å². The molecule has 1 aromatic carbocycles. The van der Waals surface area contributed by atoms with Crippen LogP contribution in [0.2, 0.25) is 0 Å². The summed E-state index contributed by atoms with van der Waals surface area (Å²) in [7, 11) is 1.84. The fourth-order valence-electron chi connectivity index (χ4n) is 4.10. The number of likely N-dealkylation sites (tertiary alicyclic amines) is 1. The van der Waals surface area contributed by atoms with Gasteiger partial charge in [-0.25, -0.2) is 0 Å². The Balaban J connectivity index is 1.31. The predicted molar refractivity (Wildman–Crippen MR) is 118 cm³/mol. The maximum atomic E-state index is 5.77. The first kappa shape index (κ1) is 22.1. The lowest BCUT2D eigenvalue weighted by Crippen LogP contribution is -2.49. The largest absolute Gasteiger partial charge is 0.381 e. The van der Waals surface area contributed by atoms with Crippen LogP contribution in [0, 0.1) is 5.92 Å². The molecule has 2 aliphatic rings. The van der Waals surface area contributed by atoms with Gasteiger partial charge in [-0.15, -0.1) is 0 Å². The minimum Gasteiger partial charge on any atom is -0.381 e. The Morgan fingerprint density at radius 3 is 2.90 bits per heavy atom. The molecule has 0 saturated carbocycles. The van der Waals surface area contributed by atoms with Gasteiger partial charge in [-0.1, -0.05) is 36.8 Å². The summed E-state index contributed by atoms with van der Waals surface area (Å²) in [5, 5.41) is 6.95. The predicted octanol–water partition coefficient (Wildman–Crippen LogP) is 2.65. The van der Waals surface area contributed by atoms with Crippen molar-refractivity contribution in [1.82, 2.24) is 15.5 Å². The van der Waals surface area contributed by atoms with Crippen LogP contribution in [0.25, 0.3) is 0 Å². The zero-order chi connectivity index (χ0) is 20.2. The Labute approximate surface area is 176 Å². The van der Waals surface area contributed by atoms with Crippen LogP contribution in [-0.2, 0) is 16.0 Å². The summed E-state index contributed by atoms with van der Waals surface area (Å²) >= 11 is 0. The van der Waals surface area contributed by atoms with Crippen LogP contribution in [0.3, 0.4) is 0 Å². The second kappa shape index (κ2) is 12.8. The maximum Gasteiger partial charge on any atom is 0.191 e. The second-order valence-corrected chi connectivity index (χ2v) is 8.14. The minimum atomic E-state index is 0.555. The monoisotopic (exact) mass is 402 g/mol. The van der Waals surface area contributed by atoms with Gasteiger partial charge in [0.2, 0.25) is 0 Å². The molecule has 2 heterocycles. The number of hydrogen-bond donors (Lipinski definition) is 2. The van der Waals surface area contributed by atoms with Gasteiger partial charge in [-0.05, 0) is 37.8 Å². The molecule has 3 rings (SSSR count). The lowest BCUT2D eigenvalue weighted by Gasteiger charge is -2.36. The van der Waals surface area contributed by atoms with Crippen molar-refractivity contribution in [3.8, 4) is 0 Å². The third-order valence-corrected chi connectivity index (χ3v) is 5.84. The normalized spacial score (nSPS) is 23.3. The number of hydrogen-bond acceptors (Lipinski definition) is 4. The van der Waals surface area contributed by atoms with Crippen molar-refractivity contribution in [3.05, 3.63) is 35.9 Å². The molecule has 2 saturated heterocycles. The molecule has 2 aliphatic heterocycles. The van der Waals surface area contributed by atoms with Crippen LogP contribution in [0.15, 0.2) is 35.3 Å². The zero-order valence-corrected chi connectivity index (χ0v) is 17.9. The topological polar surface area (TPSA) is 58.1 Å². The van der Waals surface area contributed by atoms with Crippen molar-refractivity contribution < 1.29 is 9.47 Å². The van der Waals surface area contributed by atoms with E-state index >= 15 is 0 Å². The average Bonchev–Trinajstić information content (AvgIpc) is 3.28. The molecule has 0 radical (unpaired) electrons. The summed E-state index contributed by atoms with van der Waals surface area (Å²) in [6.07, 6.45) is 5.97. The Hall–Kier alpha value is -1.63. The first-order valence-corrected chi connectivity index (χ1v) is 11.2. The maximum absolute atomic E-state index is 5.77. The van der Waals surface area contributed by atoms with E-state index in [1.165, 1.54) is 31.4 Å². The van der Waals surface area contributed by atoms with Gasteiger partial charge in [0.05, 0.1) is 13.2 Å². The van der Waals surface area contributed by atoms with Crippen LogP contribution in [0.5, 0.6) is 0 Å². The molecular weight excluding hydrogens is 364 g/mol. The molecule has 0 spiro atoms. The lowest BCUT2D eigenvalue weighted by atomic mass is 10.0. The molecule has 6 nitrogen and oxygen atoms in total. The number of nitrogens with one attached hydrogen (secondary N) is 2. The Kier molecular flexibility index (Phi) is 9.76. The summed E-state index contributed by atoms with van der Waals surface area (Å²) < 4.78 is 11.2. The molecular formula is C23H38N4O2. The highest BCUT2D eigenvalue weighted by Crippen LogP contribution is 2.19. The van der Waals surface area contributed by atoms with Crippen molar-refractivity contribution in [2.24, 2.45) is 10.9 Å². The number of rotatable bonds is 10. The fraction of sp³-hybridized carbons (Fsp3) is 0.696. The van der Waals surface area contributed by atoms with Gasteiger partial charge >= 0.3 is 0 Å². The van der Waals surface area contributed by atoms with Gasteiger partial charge in [0, 0.05) is 51.9 Å². The van der Waals surface area contributed by atoms with Gasteiger partial charge in [0.1, 0.15) is 0 Å². The van der Waals surface area contributed by atoms with Crippen molar-refractivity contribution in [1.29, 1.82) is 0 Å². The summed E-state index contributed by atoms with van der Waals surface area (Å²) in [4.78, 5) is 6.99. The fourth-order valence-corrected chi connectivity index (χ4v) is 4.10. The lowest BCUT2D eigenvalue weighted by molar-refractivity contribution is 0.0888. The molecule has 0 bridgehead atoms. The molecule has 2 N–H and O–H groups in total. The van der Waals surface area contributed by atoms with E-state index in [4.69, 9.17) is 9.47 Å². The first-order valence-electron chi connectivity index (χ1n) is 11.2. The molecule has 0 aromatic heterocycles. The van der Waals surface area contributed by atoms with E-state index in [2.05, 4.69) is 50.9 Å². The van der Waals surface area contributed by atoms with E-state index in [1.807, 2.05) is 7.05 Å². The molecule has 6 heteroatoms. The number of guanidine groups is 1. The van der Waals surface area contributed by atoms with Crippen LogP contribution < -0.4 is 10.6 Å². The van der Waals surface area contributed by atoms with Gasteiger partial charge in [-0.3, -0.25) is 9.89 Å². The molecule has 29 heavy (non-hydrogen) atoms. The highest BCUT2D eigenvalue weighted by atomic mass is 16.5. The van der Waals surface area contributed by atoms with Crippen molar-refractivity contribution in [2.45, 2.75) is 44.7 Å². The van der Waals surface area contributed by atoms with Gasteiger partial charge < -0.3 is 20.1 Å². The summed E-state index contributed by atoms with van der Waals surface area (Å²) in [5.74, 6) is 1.48. The van der Waals surface area contributed by atoms with Gasteiger partial charge in [0.15, 0.2) is 5.96 Å². The Bertz CT molecular complexity index is 590. The van der Waals surface area contributed by atoms with E-state index in [0.717, 1.165) is 64.9 Å². The standard InChI is InChI=1S/C23H38N4O2/c1-24-23(25-12-7-14-28-18-21-11-15-29-19-21)26-16-22-10-5-6-13-27(22)17-20-8-3-2-4-9-20/h2-4,8-9,21-22H,5-7,10-19H2,1H3,(H2,24,25,26). The number of benzene rings is 1. The van der Waals surface area contributed by atoms with Crippen molar-refractivity contribution >= 4 is 5.96 Å². The average molecular weight is 403 g/mol. The number of aliphatic imine (C=N–C) groups is 1. The van der Waals surface area contributed by atoms with Crippen LogP contribution in [-0.4, -0.2) is 70.0 Å². The third kappa shape index (κ3) is 7.96. The molecule has 2 unspecified atom stereocenters. The highest BCUT2D eigenvalue weighted by Gasteiger charge is 2.22. The quantitative estimate of drug-likeness (QED) is 0.358. The van der Waals surface area contributed by atoms with Gasteiger partial charge in [-0.2, -0.15) is 0 Å². The molecule has 162 valence electrons. The van der Waals surface area contributed by atoms with Crippen molar-refractivity contribution in [3.63, 3.8) is 0 Å². The van der Waals surface area contributed by atoms with E-state index in [9.17, 15) is 0 Å². The van der Waals surface area contributed by atoms with E-state index in [0.29, 0.717) is 12.0 Å². The van der Waals surface area contributed by atoms with Crippen LogP contribution in [0.1, 0.15) is 37.7 Å². The number of nitrogens with zero attached hydrogens (tertiary/aromatic N) is 2. The smallest absolute Gasteiger partial charge is 0.191 e. The highest BCUT2D eigenvalue weighted by molar-refractivity contribution is 5.79. The molecule has 0 aliphatic carbocycles. The van der Waals surface area contributed by atoms with Crippen LogP contribution >= 0.6 is 0 Å². The molecule has 0 amide bonds. The minimum absolute atomic E-state index is 0.555. The summed E-state index contributed by atoms with van der Waals surface area (Å²) in [5.41, 5.74) is 1.39. The third-order valence-electron chi connectivity index (χ3n) is 5.84. The summed E-state index contributed by atoms with van der Waals surface area (Å²) in [6.45, 7) is 7.38. The van der Waals surface area contributed by atoms with Crippen molar-refractivity contribution in [2.75, 3.05) is 53.1 Å². The Morgan fingerprint density at radius 1 is 1.21 bits per heavy atom. The SMILES string of the molecule is CN=C(NCCCOCC1CCOC1)NCC1CCCCN1Cc1ccccc1. The van der Waals surface area contributed by atoms with Crippen LogP contribution in [0.4, 0.5) is 0 Å². The van der Waals surface area contributed by atoms with E-state index in [-0.39, 0.29) is 0 Å². The summed E-state index contributed by atoms with van der Waals surface area (Å²) in [6, 6.07) is 11.3. The molecule has 1 aromatic rings. The number of ether oxygens (including phenoxy) is 2. The molecule has 2 atom stereocenters. The zero-order valence-electron chi connectivity index (χ0n) is 17.9. The van der Waals surface area contributed by atoms with E-state index < -0.39 is 0 Å². The van der Waals surface area contributed by atoms with Gasteiger partial charge in [0.25, 0.3) is 0 Å². The number of piperidine rings is 1. The molecule has 2 fully saturated rings. The second-order valence-electron chi connectivity index (χ2n) is 8.14.